The van der Waals surface area contributed by atoms with Gasteiger partial charge >= 0.3 is 0 Å². The maximum Gasteiger partial charge on any atom is 0.167 e. The molecule has 10 heteroatoms. The molecule has 10 nitrogen and oxygen atoms in total. The number of aromatic nitrogens is 4. The average molecular weight is 296 g/mol. The Hall–Kier alpha value is -1.85. The maximum absolute atomic E-state index is 10.1. The number of hydrogen-bond donors (Lipinski definition) is 4. The summed E-state index contributed by atoms with van der Waals surface area (Å²) in [6, 6.07) is 0. The Balaban J connectivity index is 2.02. The molecule has 1 aliphatic heterocycles. The second-order valence-electron chi connectivity index (χ2n) is 4.62. The highest BCUT2D eigenvalue weighted by molar-refractivity contribution is 5.81. The van der Waals surface area contributed by atoms with Crippen LogP contribution in [0.25, 0.3) is 11.2 Å². The smallest absolute Gasteiger partial charge is 0.167 e. The van der Waals surface area contributed by atoms with E-state index in [0.717, 1.165) is 0 Å². The number of imidazole rings is 1. The van der Waals surface area contributed by atoms with Gasteiger partial charge in [-0.1, -0.05) is 0 Å². The summed E-state index contributed by atoms with van der Waals surface area (Å²) in [5.74, 6) is 0.243. The number of anilines is 1. The summed E-state index contributed by atoms with van der Waals surface area (Å²) in [7, 11) is 0. The number of aliphatic hydroxyl groups excluding tert-OH is 2. The summed E-state index contributed by atoms with van der Waals surface area (Å²) < 4.78 is 12.5. The lowest BCUT2D eigenvalue weighted by Crippen LogP contribution is -2.36. The van der Waals surface area contributed by atoms with Crippen LogP contribution in [0.4, 0.5) is 5.82 Å². The Morgan fingerprint density at radius 3 is 2.90 bits per heavy atom. The van der Waals surface area contributed by atoms with Crippen LogP contribution in [0.3, 0.4) is 0 Å². The summed E-state index contributed by atoms with van der Waals surface area (Å²) in [4.78, 5) is 12.1. The van der Waals surface area contributed by atoms with Crippen molar-refractivity contribution in [2.75, 3.05) is 19.1 Å². The van der Waals surface area contributed by atoms with E-state index in [1.54, 1.807) is 4.57 Å². The van der Waals surface area contributed by atoms with Gasteiger partial charge < -0.3 is 31.2 Å². The lowest BCUT2D eigenvalue weighted by atomic mass is 10.1. The Kier molecular flexibility index (Phi) is 3.69. The third-order valence-electron chi connectivity index (χ3n) is 3.44. The minimum Gasteiger partial charge on any atom is -0.394 e. The van der Waals surface area contributed by atoms with Crippen molar-refractivity contribution in [3.05, 3.63) is 12.7 Å². The lowest BCUT2D eigenvalue weighted by Gasteiger charge is -2.21. The fourth-order valence-corrected chi connectivity index (χ4v) is 2.44. The largest absolute Gasteiger partial charge is 0.394 e. The zero-order chi connectivity index (χ0) is 15.0. The summed E-state index contributed by atoms with van der Waals surface area (Å²) in [5.41, 5.74) is 12.0. The van der Waals surface area contributed by atoms with E-state index >= 15 is 0 Å². The molecule has 1 aliphatic rings. The molecule has 1 fully saturated rings. The first kappa shape index (κ1) is 14.1. The normalized spacial score (nSPS) is 29.3. The molecule has 0 bridgehead atoms. The molecule has 2 aromatic heterocycles. The van der Waals surface area contributed by atoms with Gasteiger partial charge in [0, 0.05) is 0 Å². The molecule has 3 rings (SSSR count). The number of aliphatic hydroxyl groups is 2. The highest BCUT2D eigenvalue weighted by atomic mass is 16.6. The first-order chi connectivity index (χ1) is 10.2. The number of hydrogen-bond acceptors (Lipinski definition) is 9. The standard InChI is InChI=1S/C11H16N6O4/c12-2-20-8-7(19)5(1-18)21-11(8)17-4-16-6-9(13)14-3-15-10(6)17/h3-5,7-8,11,18-19H,1-2,12H2,(H2,13,14,15)/t5-,7?,8?,11-/m1/s1. The second kappa shape index (κ2) is 5.50. The van der Waals surface area contributed by atoms with Crippen molar-refractivity contribution >= 4 is 17.0 Å². The molecule has 0 saturated carbocycles. The van der Waals surface area contributed by atoms with Gasteiger partial charge in [-0.2, -0.15) is 0 Å². The quantitative estimate of drug-likeness (QED) is 0.467. The third kappa shape index (κ3) is 2.22. The van der Waals surface area contributed by atoms with E-state index in [1.165, 1.54) is 12.7 Å². The van der Waals surface area contributed by atoms with Gasteiger partial charge in [0.05, 0.1) is 19.7 Å². The van der Waals surface area contributed by atoms with E-state index < -0.39 is 24.5 Å². The molecule has 3 heterocycles. The van der Waals surface area contributed by atoms with Crippen LogP contribution in [-0.2, 0) is 9.47 Å². The van der Waals surface area contributed by atoms with Crippen molar-refractivity contribution in [2.45, 2.75) is 24.5 Å². The van der Waals surface area contributed by atoms with Crippen molar-refractivity contribution in [1.29, 1.82) is 0 Å². The number of nitrogen functional groups attached to an aromatic ring is 1. The van der Waals surface area contributed by atoms with Gasteiger partial charge in [0.25, 0.3) is 0 Å². The molecule has 2 unspecified atom stereocenters. The Labute approximate surface area is 119 Å². The second-order valence-corrected chi connectivity index (χ2v) is 4.62. The van der Waals surface area contributed by atoms with Crippen LogP contribution in [0.1, 0.15) is 6.23 Å². The molecule has 4 atom stereocenters. The van der Waals surface area contributed by atoms with E-state index in [9.17, 15) is 10.2 Å². The molecule has 2 aromatic rings. The predicted octanol–water partition coefficient (Wildman–Crippen LogP) is -2.04. The Morgan fingerprint density at radius 2 is 2.19 bits per heavy atom. The fraction of sp³-hybridized carbons (Fsp3) is 0.545. The molecule has 0 amide bonds. The zero-order valence-electron chi connectivity index (χ0n) is 11.0. The van der Waals surface area contributed by atoms with Crippen molar-refractivity contribution in [1.82, 2.24) is 19.5 Å². The van der Waals surface area contributed by atoms with Crippen molar-refractivity contribution in [3.63, 3.8) is 0 Å². The summed E-state index contributed by atoms with van der Waals surface area (Å²) in [6.45, 7) is -0.435. The molecule has 0 spiro atoms. The number of fused-ring (bicyclic) bond motifs is 1. The van der Waals surface area contributed by atoms with Crippen molar-refractivity contribution in [2.24, 2.45) is 5.73 Å². The van der Waals surface area contributed by atoms with E-state index in [4.69, 9.17) is 20.9 Å². The molecule has 0 radical (unpaired) electrons. The van der Waals surface area contributed by atoms with Gasteiger partial charge in [-0.3, -0.25) is 4.57 Å². The highest BCUT2D eigenvalue weighted by Gasteiger charge is 2.45. The monoisotopic (exact) mass is 296 g/mol. The third-order valence-corrected chi connectivity index (χ3v) is 3.44. The van der Waals surface area contributed by atoms with Gasteiger partial charge in [0.15, 0.2) is 17.7 Å². The lowest BCUT2D eigenvalue weighted by molar-refractivity contribution is -0.0691. The van der Waals surface area contributed by atoms with Crippen molar-refractivity contribution < 1.29 is 19.7 Å². The van der Waals surface area contributed by atoms with Crippen LogP contribution in [0.5, 0.6) is 0 Å². The number of nitrogens with two attached hydrogens (primary N) is 2. The molecule has 0 aliphatic carbocycles. The highest BCUT2D eigenvalue weighted by Crippen LogP contribution is 2.33. The van der Waals surface area contributed by atoms with Crippen LogP contribution in [-0.4, -0.2) is 61.4 Å². The minimum atomic E-state index is -1.01. The molecule has 1 saturated heterocycles. The number of nitrogens with zero attached hydrogens (tertiary/aromatic N) is 4. The Bertz CT molecular complexity index is 634. The SMILES string of the molecule is NCOC1C(O)[C@@H](CO)O[C@H]1n1cnc2c(N)ncnc21. The first-order valence-corrected chi connectivity index (χ1v) is 6.36. The van der Waals surface area contributed by atoms with Crippen molar-refractivity contribution in [3.8, 4) is 0 Å². The average Bonchev–Trinajstić information content (AvgIpc) is 3.03. The molecule has 0 aromatic carbocycles. The van der Waals surface area contributed by atoms with E-state index in [1.807, 2.05) is 0 Å². The fourth-order valence-electron chi connectivity index (χ4n) is 2.44. The van der Waals surface area contributed by atoms with E-state index in [-0.39, 0.29) is 19.2 Å². The van der Waals surface area contributed by atoms with Crippen LogP contribution in [0.15, 0.2) is 12.7 Å². The minimum absolute atomic E-state index is 0.0938. The number of rotatable bonds is 4. The first-order valence-electron chi connectivity index (χ1n) is 6.36. The number of ether oxygens (including phenoxy) is 2. The molecule has 21 heavy (non-hydrogen) atoms. The van der Waals surface area contributed by atoms with Gasteiger partial charge in [-0.15, -0.1) is 0 Å². The van der Waals surface area contributed by atoms with Crippen LogP contribution >= 0.6 is 0 Å². The van der Waals surface area contributed by atoms with Crippen LogP contribution in [0.2, 0.25) is 0 Å². The molecular formula is C11H16N6O4. The Morgan fingerprint density at radius 1 is 1.38 bits per heavy atom. The molecule has 6 N–H and O–H groups in total. The van der Waals surface area contributed by atoms with Crippen LogP contribution < -0.4 is 11.5 Å². The van der Waals surface area contributed by atoms with Gasteiger partial charge in [0.2, 0.25) is 0 Å². The van der Waals surface area contributed by atoms with Gasteiger partial charge in [-0.05, 0) is 0 Å². The summed E-state index contributed by atoms with van der Waals surface area (Å²) in [5, 5.41) is 19.4. The maximum atomic E-state index is 10.1. The predicted molar refractivity (Wildman–Crippen MR) is 70.7 cm³/mol. The van der Waals surface area contributed by atoms with Gasteiger partial charge in [0.1, 0.15) is 30.2 Å². The van der Waals surface area contributed by atoms with Crippen LogP contribution in [0, 0.1) is 0 Å². The zero-order valence-corrected chi connectivity index (χ0v) is 11.0. The molecule has 114 valence electrons. The summed E-state index contributed by atoms with van der Waals surface area (Å²) in [6.07, 6.45) is -0.479. The van der Waals surface area contributed by atoms with E-state index in [2.05, 4.69) is 15.0 Å². The topological polar surface area (TPSA) is 155 Å². The summed E-state index contributed by atoms with van der Waals surface area (Å²) >= 11 is 0. The molecular weight excluding hydrogens is 280 g/mol. The van der Waals surface area contributed by atoms with E-state index in [0.29, 0.717) is 11.2 Å². The van der Waals surface area contributed by atoms with Gasteiger partial charge in [-0.25, -0.2) is 15.0 Å².